The number of oxazole rings is 1. The van der Waals surface area contributed by atoms with Gasteiger partial charge in [0.15, 0.2) is 11.4 Å². The van der Waals surface area contributed by atoms with E-state index in [0.717, 1.165) is 36.7 Å². The monoisotopic (exact) mass is 531 g/mol. The first-order valence-corrected chi connectivity index (χ1v) is 11.9. The zero-order chi connectivity index (χ0) is 26.8. The summed E-state index contributed by atoms with van der Waals surface area (Å²) in [6.45, 7) is 3.46. The molecule has 1 aliphatic heterocycles. The third-order valence-corrected chi connectivity index (χ3v) is 6.37. The lowest BCUT2D eigenvalue weighted by molar-refractivity contribution is -0.192. The standard InChI is InChI=1S/C20H20FN3O4S.C2HF3O2/c1-12(14-4-2-3-5-15(14)13-8-10-23-11-9-13)24-16-6-7-17(29(22,26)27)18(21)19(16)28-20(24)25;3-2(4,5)1(6)7/h2-8,12,23H,9-11H2,1H3,(H2,22,26,27);(H,6,7)/t12-;/m0./s1. The molecule has 0 saturated heterocycles. The van der Waals surface area contributed by atoms with Crippen molar-refractivity contribution < 1.29 is 40.3 Å². The number of carbonyl (C=O) groups is 1. The van der Waals surface area contributed by atoms with Crippen molar-refractivity contribution in [3.8, 4) is 0 Å². The number of rotatable bonds is 4. The summed E-state index contributed by atoms with van der Waals surface area (Å²) >= 11 is 0. The first-order valence-electron chi connectivity index (χ1n) is 10.4. The lowest BCUT2D eigenvalue weighted by Crippen LogP contribution is -2.22. The van der Waals surface area contributed by atoms with Gasteiger partial charge in [-0.3, -0.25) is 4.57 Å². The Balaban J connectivity index is 0.000000454. The van der Waals surface area contributed by atoms with Crippen LogP contribution in [0, 0.1) is 5.82 Å². The Morgan fingerprint density at radius 3 is 2.42 bits per heavy atom. The number of hydrogen-bond acceptors (Lipinski definition) is 6. The molecule has 0 fully saturated rings. The Hall–Kier alpha value is -3.49. The highest BCUT2D eigenvalue weighted by Crippen LogP contribution is 2.32. The number of halogens is 4. The van der Waals surface area contributed by atoms with Gasteiger partial charge in [0, 0.05) is 6.54 Å². The van der Waals surface area contributed by atoms with Gasteiger partial charge < -0.3 is 14.8 Å². The van der Waals surface area contributed by atoms with Crippen molar-refractivity contribution in [1.29, 1.82) is 0 Å². The molecule has 1 aromatic heterocycles. The van der Waals surface area contributed by atoms with Crippen LogP contribution in [-0.2, 0) is 14.8 Å². The number of primary sulfonamides is 1. The number of nitrogens with two attached hydrogens (primary N) is 1. The Morgan fingerprint density at radius 2 is 1.86 bits per heavy atom. The molecule has 0 saturated carbocycles. The predicted octanol–water partition coefficient (Wildman–Crippen LogP) is 3.00. The quantitative estimate of drug-likeness (QED) is 0.439. The molecule has 0 amide bonds. The Kier molecular flexibility index (Phi) is 7.71. The number of fused-ring (bicyclic) bond motifs is 1. The number of sulfonamides is 1. The highest BCUT2D eigenvalue weighted by Gasteiger charge is 2.38. The van der Waals surface area contributed by atoms with Gasteiger partial charge in [0.2, 0.25) is 10.0 Å². The third kappa shape index (κ3) is 5.66. The number of alkyl halides is 3. The van der Waals surface area contributed by atoms with Gasteiger partial charge in [0.05, 0.1) is 11.6 Å². The van der Waals surface area contributed by atoms with Crippen molar-refractivity contribution >= 4 is 32.7 Å². The minimum atomic E-state index is -5.08. The number of carboxylic acid groups (broad SMARTS) is 1. The number of nitrogens with zero attached hydrogens (tertiary/aromatic N) is 1. The lowest BCUT2D eigenvalue weighted by atomic mass is 9.92. The van der Waals surface area contributed by atoms with Crippen LogP contribution in [0.5, 0.6) is 0 Å². The van der Waals surface area contributed by atoms with Crippen LogP contribution < -0.4 is 16.2 Å². The second-order valence-electron chi connectivity index (χ2n) is 7.76. The Bertz CT molecular complexity index is 1490. The normalized spacial score (nSPS) is 15.1. The minimum Gasteiger partial charge on any atom is -0.475 e. The molecule has 36 heavy (non-hydrogen) atoms. The average Bonchev–Trinajstić information content (AvgIpc) is 3.15. The fraction of sp³-hybridized carbons (Fsp3) is 0.273. The Morgan fingerprint density at radius 1 is 1.22 bits per heavy atom. The largest absolute Gasteiger partial charge is 0.490 e. The topological polar surface area (TPSA) is 145 Å². The number of aromatic nitrogens is 1. The van der Waals surface area contributed by atoms with E-state index in [2.05, 4.69) is 11.4 Å². The highest BCUT2D eigenvalue weighted by atomic mass is 32.2. The van der Waals surface area contributed by atoms with Crippen LogP contribution in [-0.4, -0.2) is 43.3 Å². The lowest BCUT2D eigenvalue weighted by Gasteiger charge is -2.21. The maximum absolute atomic E-state index is 14.7. The molecule has 0 bridgehead atoms. The summed E-state index contributed by atoms with van der Waals surface area (Å²) in [5.74, 6) is -4.69. The van der Waals surface area contributed by atoms with E-state index in [1.807, 2.05) is 31.2 Å². The van der Waals surface area contributed by atoms with Gasteiger partial charge in [-0.2, -0.15) is 13.2 Å². The summed E-state index contributed by atoms with van der Waals surface area (Å²) in [7, 11) is -4.28. The van der Waals surface area contributed by atoms with Gasteiger partial charge in [-0.1, -0.05) is 30.3 Å². The van der Waals surface area contributed by atoms with Gasteiger partial charge >= 0.3 is 17.9 Å². The summed E-state index contributed by atoms with van der Waals surface area (Å²) in [5.41, 5.74) is 2.83. The number of nitrogens with one attached hydrogen (secondary N) is 1. The molecule has 3 aromatic rings. The van der Waals surface area contributed by atoms with Gasteiger partial charge in [0.25, 0.3) is 0 Å². The molecular weight excluding hydrogens is 510 g/mol. The molecule has 4 N–H and O–H groups in total. The van der Waals surface area contributed by atoms with Gasteiger partial charge in [0.1, 0.15) is 4.90 Å². The zero-order valence-corrected chi connectivity index (χ0v) is 19.5. The highest BCUT2D eigenvalue weighted by molar-refractivity contribution is 7.89. The molecule has 0 spiro atoms. The SMILES string of the molecule is C[C@@H](c1ccccc1C1=CCNCC1)n1c(=O)oc2c(F)c(S(N)(=O)=O)ccc21.O=C(O)C(F)(F)F. The summed E-state index contributed by atoms with van der Waals surface area (Å²) in [4.78, 5) is 20.8. The molecular formula is C22H21F4N3O6S. The molecule has 0 radical (unpaired) electrons. The van der Waals surface area contributed by atoms with Gasteiger partial charge in [-0.05, 0) is 48.7 Å². The molecule has 194 valence electrons. The van der Waals surface area contributed by atoms with Gasteiger partial charge in [-0.25, -0.2) is 27.5 Å². The minimum absolute atomic E-state index is 0.168. The van der Waals surface area contributed by atoms with E-state index in [1.54, 1.807) is 0 Å². The molecule has 1 aliphatic rings. The van der Waals surface area contributed by atoms with E-state index in [1.165, 1.54) is 16.2 Å². The van der Waals surface area contributed by atoms with Crippen LogP contribution in [0.25, 0.3) is 16.7 Å². The first-order chi connectivity index (χ1) is 16.7. The van der Waals surface area contributed by atoms with Crippen LogP contribution in [0.4, 0.5) is 17.6 Å². The molecule has 1 atom stereocenters. The fourth-order valence-electron chi connectivity index (χ4n) is 3.80. The summed E-state index contributed by atoms with van der Waals surface area (Å²) in [6, 6.07) is 9.65. The van der Waals surface area contributed by atoms with E-state index in [9.17, 15) is 30.8 Å². The van der Waals surface area contributed by atoms with Crippen LogP contribution in [0.2, 0.25) is 0 Å². The second kappa shape index (κ2) is 10.2. The van der Waals surface area contributed by atoms with Crippen molar-refractivity contribution in [2.24, 2.45) is 5.14 Å². The summed E-state index contributed by atoms with van der Waals surface area (Å²) in [5, 5.41) is 15.4. The fourth-order valence-corrected chi connectivity index (χ4v) is 4.40. The Labute approximate surface area is 201 Å². The van der Waals surface area contributed by atoms with E-state index in [0.29, 0.717) is 0 Å². The van der Waals surface area contributed by atoms with Crippen molar-refractivity contribution in [1.82, 2.24) is 9.88 Å². The molecule has 0 aliphatic carbocycles. The van der Waals surface area contributed by atoms with Gasteiger partial charge in [-0.15, -0.1) is 0 Å². The van der Waals surface area contributed by atoms with E-state index in [-0.39, 0.29) is 5.52 Å². The molecule has 2 heterocycles. The smallest absolute Gasteiger partial charge is 0.475 e. The zero-order valence-electron chi connectivity index (χ0n) is 18.7. The number of carboxylic acids is 1. The second-order valence-corrected chi connectivity index (χ2v) is 9.29. The van der Waals surface area contributed by atoms with Crippen LogP contribution in [0.15, 0.2) is 56.6 Å². The maximum Gasteiger partial charge on any atom is 0.490 e. The maximum atomic E-state index is 14.7. The van der Waals surface area contributed by atoms with E-state index >= 15 is 0 Å². The molecule has 2 aromatic carbocycles. The summed E-state index contributed by atoms with van der Waals surface area (Å²) < 4.78 is 75.9. The predicted molar refractivity (Wildman–Crippen MR) is 121 cm³/mol. The molecule has 9 nitrogen and oxygen atoms in total. The number of benzene rings is 2. The van der Waals surface area contributed by atoms with Crippen LogP contribution >= 0.6 is 0 Å². The molecule has 14 heteroatoms. The van der Waals surface area contributed by atoms with Crippen molar-refractivity contribution in [3.63, 3.8) is 0 Å². The molecule has 0 unspecified atom stereocenters. The van der Waals surface area contributed by atoms with Crippen LogP contribution in [0.3, 0.4) is 0 Å². The third-order valence-electron chi connectivity index (χ3n) is 5.44. The summed E-state index contributed by atoms with van der Waals surface area (Å²) in [6.07, 6.45) is -2.11. The van der Waals surface area contributed by atoms with E-state index < -0.39 is 50.3 Å². The number of hydrogen-bond donors (Lipinski definition) is 3. The van der Waals surface area contributed by atoms with Crippen LogP contribution in [0.1, 0.15) is 30.5 Å². The van der Waals surface area contributed by atoms with Crippen molar-refractivity contribution in [3.05, 3.63) is 70.0 Å². The average molecular weight is 531 g/mol. The van der Waals surface area contributed by atoms with Crippen molar-refractivity contribution in [2.75, 3.05) is 13.1 Å². The van der Waals surface area contributed by atoms with E-state index in [4.69, 9.17) is 19.5 Å². The first kappa shape index (κ1) is 27.1. The van der Waals surface area contributed by atoms with Crippen molar-refractivity contribution in [2.45, 2.75) is 30.5 Å². The number of aliphatic carboxylic acids is 1. The molecule has 4 rings (SSSR count).